The highest BCUT2D eigenvalue weighted by Gasteiger charge is 2.35. The molecule has 1 rings (SSSR count). The van der Waals surface area contributed by atoms with E-state index < -0.39 is 18.1 Å². The van der Waals surface area contributed by atoms with Gasteiger partial charge in [0.2, 0.25) is 0 Å². The van der Waals surface area contributed by atoms with Crippen LogP contribution in [0.1, 0.15) is 52.6 Å². The molecule has 1 amide bonds. The molecular formula is C20H32N2O5. The molecule has 1 aromatic rings. The summed E-state index contributed by atoms with van der Waals surface area (Å²) in [5.74, 6) is -1.08. The first kappa shape index (κ1) is 23.1. The SMILES string of the molecule is CCOC(C)(OCC)OC(=O)N(NCCC(C)C)C(C=O)c1ccccc1. The van der Waals surface area contributed by atoms with Gasteiger partial charge in [-0.2, -0.15) is 0 Å². The second-order valence-corrected chi connectivity index (χ2v) is 6.55. The van der Waals surface area contributed by atoms with Gasteiger partial charge in [-0.3, -0.25) is 0 Å². The summed E-state index contributed by atoms with van der Waals surface area (Å²) < 4.78 is 16.4. The van der Waals surface area contributed by atoms with Crippen molar-refractivity contribution >= 4 is 12.4 Å². The Balaban J connectivity index is 3.04. The summed E-state index contributed by atoms with van der Waals surface area (Å²) in [5.41, 5.74) is 3.70. The van der Waals surface area contributed by atoms with Crippen molar-refractivity contribution in [3.05, 3.63) is 35.9 Å². The van der Waals surface area contributed by atoms with E-state index in [9.17, 15) is 9.59 Å². The Labute approximate surface area is 161 Å². The fourth-order valence-corrected chi connectivity index (χ4v) is 2.52. The van der Waals surface area contributed by atoms with Crippen molar-refractivity contribution in [1.82, 2.24) is 10.4 Å². The summed E-state index contributed by atoms with van der Waals surface area (Å²) >= 11 is 0. The highest BCUT2D eigenvalue weighted by molar-refractivity contribution is 5.74. The van der Waals surface area contributed by atoms with Gasteiger partial charge in [-0.05, 0) is 31.7 Å². The molecule has 0 saturated carbocycles. The molecule has 0 heterocycles. The van der Waals surface area contributed by atoms with Crippen molar-refractivity contribution < 1.29 is 23.8 Å². The third-order valence-electron chi connectivity index (χ3n) is 3.83. The van der Waals surface area contributed by atoms with Gasteiger partial charge in [0, 0.05) is 13.5 Å². The highest BCUT2D eigenvalue weighted by Crippen LogP contribution is 2.22. The maximum absolute atomic E-state index is 12.9. The Bertz CT molecular complexity index is 559. The third kappa shape index (κ3) is 7.66. The molecule has 0 aliphatic heterocycles. The molecule has 0 saturated heterocycles. The topological polar surface area (TPSA) is 77.1 Å². The fraction of sp³-hybridized carbons (Fsp3) is 0.600. The molecule has 27 heavy (non-hydrogen) atoms. The number of amides is 1. The van der Waals surface area contributed by atoms with Crippen LogP contribution in [-0.2, 0) is 19.0 Å². The molecular weight excluding hydrogens is 348 g/mol. The van der Waals surface area contributed by atoms with E-state index in [0.717, 1.165) is 6.42 Å². The number of nitrogens with one attached hydrogen (secondary N) is 1. The van der Waals surface area contributed by atoms with Gasteiger partial charge in [0.25, 0.3) is 0 Å². The molecule has 0 radical (unpaired) electrons. The number of nitrogens with zero attached hydrogens (tertiary/aromatic N) is 1. The maximum atomic E-state index is 12.9. The van der Waals surface area contributed by atoms with Crippen molar-refractivity contribution in [2.45, 2.75) is 53.1 Å². The minimum absolute atomic E-state index is 0.306. The summed E-state index contributed by atoms with van der Waals surface area (Å²) in [4.78, 5) is 24.7. The van der Waals surface area contributed by atoms with Crippen LogP contribution < -0.4 is 5.43 Å². The number of carbonyl (C=O) groups is 2. The lowest BCUT2D eigenvalue weighted by molar-refractivity contribution is -0.344. The van der Waals surface area contributed by atoms with Gasteiger partial charge in [0.05, 0.1) is 13.2 Å². The average molecular weight is 380 g/mol. The molecule has 0 spiro atoms. The van der Waals surface area contributed by atoms with Crippen LogP contribution in [0.15, 0.2) is 30.3 Å². The van der Waals surface area contributed by atoms with Crippen molar-refractivity contribution in [2.24, 2.45) is 5.92 Å². The van der Waals surface area contributed by atoms with Crippen LogP contribution in [-0.4, -0.2) is 43.1 Å². The zero-order chi connectivity index (χ0) is 20.3. The smallest absolute Gasteiger partial charge is 0.390 e. The van der Waals surface area contributed by atoms with Gasteiger partial charge in [-0.1, -0.05) is 44.2 Å². The Kier molecular flexibility index (Phi) is 9.99. The lowest BCUT2D eigenvalue weighted by Crippen LogP contribution is -2.50. The fourth-order valence-electron chi connectivity index (χ4n) is 2.52. The minimum atomic E-state index is -1.53. The summed E-state index contributed by atoms with van der Waals surface area (Å²) in [5, 5.41) is 1.20. The number of benzene rings is 1. The molecule has 0 aliphatic rings. The van der Waals surface area contributed by atoms with E-state index in [1.54, 1.807) is 26.0 Å². The second kappa shape index (κ2) is 11.7. The summed E-state index contributed by atoms with van der Waals surface area (Å²) in [6, 6.07) is 8.21. The van der Waals surface area contributed by atoms with Crippen LogP contribution in [0.3, 0.4) is 0 Å². The molecule has 1 atom stereocenters. The maximum Gasteiger partial charge on any atom is 0.429 e. The minimum Gasteiger partial charge on any atom is -0.390 e. The first-order valence-electron chi connectivity index (χ1n) is 9.40. The Morgan fingerprint density at radius 2 is 1.78 bits per heavy atom. The van der Waals surface area contributed by atoms with E-state index in [-0.39, 0.29) is 0 Å². The molecule has 0 aliphatic carbocycles. The van der Waals surface area contributed by atoms with Gasteiger partial charge in [0.1, 0.15) is 12.3 Å². The van der Waals surface area contributed by atoms with E-state index in [1.165, 1.54) is 11.9 Å². The van der Waals surface area contributed by atoms with Crippen molar-refractivity contribution in [3.63, 3.8) is 0 Å². The molecule has 7 nitrogen and oxygen atoms in total. The van der Waals surface area contributed by atoms with E-state index in [4.69, 9.17) is 14.2 Å². The van der Waals surface area contributed by atoms with Crippen LogP contribution >= 0.6 is 0 Å². The predicted octanol–water partition coefficient (Wildman–Crippen LogP) is 3.66. The molecule has 0 aromatic heterocycles. The summed E-state index contributed by atoms with van der Waals surface area (Å²) in [6.45, 7) is 10.4. The predicted molar refractivity (Wildman–Crippen MR) is 103 cm³/mol. The third-order valence-corrected chi connectivity index (χ3v) is 3.83. The van der Waals surface area contributed by atoms with E-state index >= 15 is 0 Å². The van der Waals surface area contributed by atoms with Gasteiger partial charge >= 0.3 is 12.1 Å². The molecule has 152 valence electrons. The molecule has 0 bridgehead atoms. The number of rotatable bonds is 12. The molecule has 1 unspecified atom stereocenters. The van der Waals surface area contributed by atoms with Crippen molar-refractivity contribution in [3.8, 4) is 0 Å². The Hall–Kier alpha value is -1.96. The van der Waals surface area contributed by atoms with Gasteiger partial charge in [-0.15, -0.1) is 0 Å². The standard InChI is InChI=1S/C20H32N2O5/c1-6-25-20(5,26-7-2)27-19(24)22(21-14-13-16(3)4)18(15-23)17-11-9-8-10-12-17/h8-12,15-16,18,21H,6-7,13-14H2,1-5H3. The lowest BCUT2D eigenvalue weighted by Gasteiger charge is -2.33. The number of hydrogen-bond donors (Lipinski definition) is 1. The number of aldehydes is 1. The summed E-state index contributed by atoms with van der Waals surface area (Å²) in [7, 11) is 0. The number of carbonyl (C=O) groups excluding carboxylic acids is 2. The Morgan fingerprint density at radius 1 is 1.19 bits per heavy atom. The van der Waals surface area contributed by atoms with Crippen LogP contribution in [0.2, 0.25) is 0 Å². The second-order valence-electron chi connectivity index (χ2n) is 6.55. The number of ether oxygens (including phenoxy) is 3. The van der Waals surface area contributed by atoms with Crippen molar-refractivity contribution in [1.29, 1.82) is 0 Å². The molecule has 0 fully saturated rings. The van der Waals surface area contributed by atoms with Crippen LogP contribution in [0, 0.1) is 5.92 Å². The number of hydrazine groups is 1. The van der Waals surface area contributed by atoms with Crippen molar-refractivity contribution in [2.75, 3.05) is 19.8 Å². The quantitative estimate of drug-likeness (QED) is 0.339. The van der Waals surface area contributed by atoms with Gasteiger partial charge < -0.3 is 19.0 Å². The summed E-state index contributed by atoms with van der Waals surface area (Å²) in [6.07, 6.45) is 0.792. The first-order valence-corrected chi connectivity index (χ1v) is 9.40. The molecule has 1 N–H and O–H groups in total. The van der Waals surface area contributed by atoms with Crippen LogP contribution in [0.4, 0.5) is 4.79 Å². The van der Waals surface area contributed by atoms with Gasteiger partial charge in [-0.25, -0.2) is 15.2 Å². The van der Waals surface area contributed by atoms with Gasteiger partial charge in [0.15, 0.2) is 0 Å². The zero-order valence-electron chi connectivity index (χ0n) is 16.9. The monoisotopic (exact) mass is 380 g/mol. The molecule has 7 heteroatoms. The molecule has 1 aromatic carbocycles. The number of hydrogen-bond acceptors (Lipinski definition) is 6. The van der Waals surface area contributed by atoms with E-state index in [0.29, 0.717) is 37.5 Å². The lowest BCUT2D eigenvalue weighted by atomic mass is 10.1. The zero-order valence-corrected chi connectivity index (χ0v) is 16.9. The van der Waals surface area contributed by atoms with E-state index in [1.807, 2.05) is 18.2 Å². The van der Waals surface area contributed by atoms with E-state index in [2.05, 4.69) is 19.3 Å². The van der Waals surface area contributed by atoms with Crippen LogP contribution in [0.5, 0.6) is 0 Å². The average Bonchev–Trinajstić information content (AvgIpc) is 2.61. The Morgan fingerprint density at radius 3 is 2.26 bits per heavy atom. The highest BCUT2D eigenvalue weighted by atomic mass is 16.9. The largest absolute Gasteiger partial charge is 0.429 e. The first-order chi connectivity index (χ1) is 12.9. The van der Waals surface area contributed by atoms with Crippen LogP contribution in [0.25, 0.3) is 0 Å². The normalized spacial score (nSPS) is 12.7.